The van der Waals surface area contributed by atoms with Crippen LogP contribution in [0.2, 0.25) is 0 Å². The highest BCUT2D eigenvalue weighted by molar-refractivity contribution is 5.94. The van der Waals surface area contributed by atoms with E-state index in [1.54, 1.807) is 5.48 Å². The van der Waals surface area contributed by atoms with E-state index in [0.29, 0.717) is 0 Å². The topological polar surface area (TPSA) is 113 Å². The Morgan fingerprint density at radius 3 is 2.57 bits per heavy atom. The molecule has 3 N–H and O–H groups in total. The number of carboxylic acids is 1. The van der Waals surface area contributed by atoms with Crippen LogP contribution in [0.15, 0.2) is 18.2 Å². The minimum absolute atomic E-state index is 0.0944. The SMILES string of the molecule is O=C(O)c1cc([N+](=O)[O-])ccc1NO. The largest absolute Gasteiger partial charge is 0.478 e. The first-order chi connectivity index (χ1) is 6.56. The zero-order valence-electron chi connectivity index (χ0n) is 6.80. The van der Waals surface area contributed by atoms with Crippen molar-refractivity contribution in [1.29, 1.82) is 0 Å². The van der Waals surface area contributed by atoms with Gasteiger partial charge in [0.2, 0.25) is 0 Å². The lowest BCUT2D eigenvalue weighted by molar-refractivity contribution is -0.384. The van der Waals surface area contributed by atoms with Crippen LogP contribution >= 0.6 is 0 Å². The number of non-ortho nitro benzene ring substituents is 1. The first-order valence-electron chi connectivity index (χ1n) is 3.48. The van der Waals surface area contributed by atoms with Crippen LogP contribution < -0.4 is 5.48 Å². The first kappa shape index (κ1) is 9.93. The Morgan fingerprint density at radius 2 is 2.14 bits per heavy atom. The number of benzene rings is 1. The maximum Gasteiger partial charge on any atom is 0.338 e. The van der Waals surface area contributed by atoms with Crippen LogP contribution in [0.1, 0.15) is 10.4 Å². The van der Waals surface area contributed by atoms with E-state index in [1.165, 1.54) is 0 Å². The molecular weight excluding hydrogens is 192 g/mol. The second-order valence-corrected chi connectivity index (χ2v) is 2.40. The van der Waals surface area contributed by atoms with Crippen molar-refractivity contribution in [3.63, 3.8) is 0 Å². The Bertz CT molecular complexity index is 390. The average molecular weight is 198 g/mol. The third kappa shape index (κ3) is 1.77. The standard InChI is InChI=1S/C7H6N2O5/c10-7(11)5-3-4(9(13)14)1-2-6(5)8-12/h1-3,8,12H,(H,10,11). The third-order valence-corrected chi connectivity index (χ3v) is 1.56. The molecule has 0 spiro atoms. The molecule has 0 aliphatic heterocycles. The van der Waals surface area contributed by atoms with Crippen molar-refractivity contribution in [2.45, 2.75) is 0 Å². The van der Waals surface area contributed by atoms with E-state index in [4.69, 9.17) is 10.3 Å². The molecule has 1 aromatic carbocycles. The fraction of sp³-hybridized carbons (Fsp3) is 0. The van der Waals surface area contributed by atoms with E-state index in [9.17, 15) is 14.9 Å². The highest BCUT2D eigenvalue weighted by Gasteiger charge is 2.15. The molecule has 0 aromatic heterocycles. The van der Waals surface area contributed by atoms with E-state index in [-0.39, 0.29) is 16.9 Å². The second-order valence-electron chi connectivity index (χ2n) is 2.40. The molecule has 7 heteroatoms. The zero-order valence-corrected chi connectivity index (χ0v) is 6.80. The molecule has 0 unspecified atom stereocenters. The number of nitrogens with one attached hydrogen (secondary N) is 1. The number of nitrogens with zero attached hydrogens (tertiary/aromatic N) is 1. The molecule has 0 aliphatic rings. The van der Waals surface area contributed by atoms with E-state index >= 15 is 0 Å². The molecule has 7 nitrogen and oxygen atoms in total. The van der Waals surface area contributed by atoms with Gasteiger partial charge >= 0.3 is 5.97 Å². The van der Waals surface area contributed by atoms with E-state index in [2.05, 4.69) is 0 Å². The van der Waals surface area contributed by atoms with Crippen molar-refractivity contribution < 1.29 is 20.0 Å². The summed E-state index contributed by atoms with van der Waals surface area (Å²) in [6.07, 6.45) is 0. The zero-order chi connectivity index (χ0) is 10.7. The quantitative estimate of drug-likeness (QED) is 0.495. The van der Waals surface area contributed by atoms with Crippen molar-refractivity contribution in [1.82, 2.24) is 0 Å². The fourth-order valence-corrected chi connectivity index (χ4v) is 0.920. The lowest BCUT2D eigenvalue weighted by Crippen LogP contribution is -2.03. The number of carbonyl (C=O) groups is 1. The van der Waals surface area contributed by atoms with E-state index in [1.807, 2.05) is 0 Å². The molecule has 0 saturated heterocycles. The number of hydrogen-bond acceptors (Lipinski definition) is 5. The van der Waals surface area contributed by atoms with Crippen LogP contribution in [0.3, 0.4) is 0 Å². The first-order valence-corrected chi connectivity index (χ1v) is 3.48. The van der Waals surface area contributed by atoms with Gasteiger partial charge in [0.1, 0.15) is 0 Å². The summed E-state index contributed by atoms with van der Waals surface area (Å²) in [6.45, 7) is 0. The average Bonchev–Trinajstić information content (AvgIpc) is 2.16. The van der Waals surface area contributed by atoms with Gasteiger partial charge in [0.15, 0.2) is 0 Å². The van der Waals surface area contributed by atoms with Gasteiger partial charge in [-0.25, -0.2) is 4.79 Å². The van der Waals surface area contributed by atoms with Gasteiger partial charge < -0.3 is 5.11 Å². The molecule has 0 amide bonds. The summed E-state index contributed by atoms with van der Waals surface area (Å²) in [5.41, 5.74) is 0.840. The van der Waals surface area contributed by atoms with Gasteiger partial charge in [0, 0.05) is 12.1 Å². The highest BCUT2D eigenvalue weighted by atomic mass is 16.6. The second kappa shape index (κ2) is 3.71. The molecule has 0 bridgehead atoms. The molecule has 0 saturated carbocycles. The Kier molecular flexibility index (Phi) is 2.63. The summed E-state index contributed by atoms with van der Waals surface area (Å²) in [5, 5.41) is 27.4. The van der Waals surface area contributed by atoms with Crippen molar-refractivity contribution in [2.75, 3.05) is 5.48 Å². The molecule has 0 radical (unpaired) electrons. The van der Waals surface area contributed by atoms with Gasteiger partial charge in [-0.05, 0) is 6.07 Å². The maximum absolute atomic E-state index is 10.6. The van der Waals surface area contributed by atoms with Crippen molar-refractivity contribution in [2.24, 2.45) is 0 Å². The molecule has 0 atom stereocenters. The number of hydrogen-bond donors (Lipinski definition) is 3. The molecular formula is C7H6N2O5. The molecule has 0 fully saturated rings. The Balaban J connectivity index is 3.27. The molecule has 14 heavy (non-hydrogen) atoms. The van der Waals surface area contributed by atoms with Crippen molar-refractivity contribution in [3.8, 4) is 0 Å². The Hall–Kier alpha value is -2.15. The number of carboxylic acid groups (broad SMARTS) is 1. The van der Waals surface area contributed by atoms with Crippen molar-refractivity contribution in [3.05, 3.63) is 33.9 Å². The predicted molar refractivity (Wildman–Crippen MR) is 45.5 cm³/mol. The van der Waals surface area contributed by atoms with Gasteiger partial charge in [-0.3, -0.25) is 20.8 Å². The van der Waals surface area contributed by atoms with Crippen LogP contribution in [0.4, 0.5) is 11.4 Å². The van der Waals surface area contributed by atoms with Crippen LogP contribution in [0.5, 0.6) is 0 Å². The number of rotatable bonds is 3. The van der Waals surface area contributed by atoms with Crippen LogP contribution in [0, 0.1) is 10.1 Å². The van der Waals surface area contributed by atoms with E-state index < -0.39 is 10.9 Å². The molecule has 0 heterocycles. The third-order valence-electron chi connectivity index (χ3n) is 1.56. The number of anilines is 1. The Morgan fingerprint density at radius 1 is 1.50 bits per heavy atom. The molecule has 0 aliphatic carbocycles. The molecule has 1 rings (SSSR count). The smallest absolute Gasteiger partial charge is 0.338 e. The maximum atomic E-state index is 10.6. The van der Waals surface area contributed by atoms with Gasteiger partial charge in [-0.15, -0.1) is 0 Å². The number of aromatic carboxylic acids is 1. The summed E-state index contributed by atoms with van der Waals surface area (Å²) in [4.78, 5) is 20.2. The predicted octanol–water partition coefficient (Wildman–Crippen LogP) is 1.09. The van der Waals surface area contributed by atoms with Gasteiger partial charge in [-0.2, -0.15) is 0 Å². The summed E-state index contributed by atoms with van der Waals surface area (Å²) >= 11 is 0. The van der Waals surface area contributed by atoms with E-state index in [0.717, 1.165) is 18.2 Å². The summed E-state index contributed by atoms with van der Waals surface area (Å²) in [5.74, 6) is -1.36. The lowest BCUT2D eigenvalue weighted by atomic mass is 10.1. The Labute approximate surface area is 77.7 Å². The van der Waals surface area contributed by atoms with Gasteiger partial charge in [0.25, 0.3) is 5.69 Å². The summed E-state index contributed by atoms with van der Waals surface area (Å²) < 4.78 is 0. The monoisotopic (exact) mass is 198 g/mol. The highest BCUT2D eigenvalue weighted by Crippen LogP contribution is 2.21. The molecule has 1 aromatic rings. The van der Waals surface area contributed by atoms with Crippen LogP contribution in [-0.2, 0) is 0 Å². The summed E-state index contributed by atoms with van der Waals surface area (Å²) in [7, 11) is 0. The van der Waals surface area contributed by atoms with Gasteiger partial charge in [0.05, 0.1) is 16.2 Å². The minimum Gasteiger partial charge on any atom is -0.478 e. The summed E-state index contributed by atoms with van der Waals surface area (Å²) in [6, 6.07) is 3.06. The van der Waals surface area contributed by atoms with Crippen molar-refractivity contribution >= 4 is 17.3 Å². The van der Waals surface area contributed by atoms with Crippen LogP contribution in [-0.4, -0.2) is 21.2 Å². The lowest BCUT2D eigenvalue weighted by Gasteiger charge is -2.02. The molecule has 74 valence electrons. The fourth-order valence-electron chi connectivity index (χ4n) is 0.920. The van der Waals surface area contributed by atoms with Gasteiger partial charge in [-0.1, -0.05) is 0 Å². The normalized spacial score (nSPS) is 9.50. The minimum atomic E-state index is -1.36. The number of nitro groups is 1. The number of nitro benzene ring substituents is 1. The van der Waals surface area contributed by atoms with Crippen LogP contribution in [0.25, 0.3) is 0 Å².